The van der Waals surface area contributed by atoms with E-state index in [0.717, 1.165) is 42.2 Å². The highest BCUT2D eigenvalue weighted by Crippen LogP contribution is 2.41. The molecule has 0 radical (unpaired) electrons. The van der Waals surface area contributed by atoms with Crippen LogP contribution in [0.5, 0.6) is 0 Å². The van der Waals surface area contributed by atoms with Gasteiger partial charge in [0.2, 0.25) is 0 Å². The molecule has 2 fully saturated rings. The fourth-order valence-electron chi connectivity index (χ4n) is 4.39. The number of aliphatic imine (C=N–C) groups is 1. The summed E-state index contributed by atoms with van der Waals surface area (Å²) >= 11 is 0. The summed E-state index contributed by atoms with van der Waals surface area (Å²) in [6.45, 7) is 4.82. The third-order valence-corrected chi connectivity index (χ3v) is 5.70. The molecule has 3 atom stereocenters. The van der Waals surface area contributed by atoms with Crippen LogP contribution in [0.2, 0.25) is 0 Å². The third-order valence-electron chi connectivity index (χ3n) is 5.70. The molecule has 3 rings (SSSR count). The average molecular weight is 318 g/mol. The van der Waals surface area contributed by atoms with E-state index in [1.54, 1.807) is 0 Å². The highest BCUT2D eigenvalue weighted by molar-refractivity contribution is 5.79. The van der Waals surface area contributed by atoms with Crippen molar-refractivity contribution in [3.63, 3.8) is 0 Å². The van der Waals surface area contributed by atoms with Gasteiger partial charge >= 0.3 is 0 Å². The number of hydrogen-bond donors (Lipinski definition) is 2. The molecule has 2 saturated carbocycles. The van der Waals surface area contributed by atoms with Crippen LogP contribution in [0.1, 0.15) is 55.5 Å². The molecule has 1 aromatic rings. The molecule has 5 heteroatoms. The van der Waals surface area contributed by atoms with Crippen molar-refractivity contribution in [2.24, 2.45) is 16.8 Å². The summed E-state index contributed by atoms with van der Waals surface area (Å²) in [5.41, 5.74) is 2.20. The van der Waals surface area contributed by atoms with E-state index >= 15 is 0 Å². The van der Waals surface area contributed by atoms with E-state index in [2.05, 4.69) is 20.8 Å². The first-order valence-corrected chi connectivity index (χ1v) is 9.06. The van der Waals surface area contributed by atoms with Crippen LogP contribution in [0.3, 0.4) is 0 Å². The van der Waals surface area contributed by atoms with Gasteiger partial charge in [-0.3, -0.25) is 4.99 Å². The van der Waals surface area contributed by atoms with Gasteiger partial charge in [-0.1, -0.05) is 24.4 Å². The van der Waals surface area contributed by atoms with Crippen LogP contribution in [0.15, 0.2) is 9.52 Å². The topological polar surface area (TPSA) is 62.5 Å². The van der Waals surface area contributed by atoms with Crippen molar-refractivity contribution in [2.45, 2.75) is 64.8 Å². The highest BCUT2D eigenvalue weighted by Gasteiger charge is 2.33. The van der Waals surface area contributed by atoms with Gasteiger partial charge in [0, 0.05) is 25.2 Å². The predicted molar refractivity (Wildman–Crippen MR) is 92.6 cm³/mol. The largest absolute Gasteiger partial charge is 0.361 e. The Bertz CT molecular complexity index is 532. The summed E-state index contributed by atoms with van der Waals surface area (Å²) in [5.74, 6) is 3.80. The zero-order valence-electron chi connectivity index (χ0n) is 14.7. The number of rotatable bonds is 4. The summed E-state index contributed by atoms with van der Waals surface area (Å²) in [5, 5.41) is 11.1. The normalized spacial score (nSPS) is 27.8. The van der Waals surface area contributed by atoms with Crippen molar-refractivity contribution in [3.05, 3.63) is 17.0 Å². The Balaban J connectivity index is 1.45. The second-order valence-corrected chi connectivity index (χ2v) is 7.16. The Labute approximate surface area is 139 Å². The van der Waals surface area contributed by atoms with E-state index in [4.69, 9.17) is 4.52 Å². The molecule has 1 aromatic heterocycles. The molecule has 3 unspecified atom stereocenters. The Morgan fingerprint density at radius 3 is 2.78 bits per heavy atom. The molecular weight excluding hydrogens is 288 g/mol. The van der Waals surface area contributed by atoms with Gasteiger partial charge < -0.3 is 15.2 Å². The van der Waals surface area contributed by atoms with Crippen molar-refractivity contribution in [1.82, 2.24) is 15.8 Å². The second kappa shape index (κ2) is 7.37. The van der Waals surface area contributed by atoms with Gasteiger partial charge in [0.1, 0.15) is 5.76 Å². The van der Waals surface area contributed by atoms with E-state index in [0.29, 0.717) is 6.04 Å². The average Bonchev–Trinajstić information content (AvgIpc) is 3.14. The molecule has 0 saturated heterocycles. The molecule has 23 heavy (non-hydrogen) atoms. The van der Waals surface area contributed by atoms with Gasteiger partial charge in [-0.05, 0) is 51.4 Å². The van der Waals surface area contributed by atoms with Crippen molar-refractivity contribution in [1.29, 1.82) is 0 Å². The zero-order valence-corrected chi connectivity index (χ0v) is 14.7. The zero-order chi connectivity index (χ0) is 16.2. The lowest BCUT2D eigenvalue weighted by Crippen LogP contribution is -2.46. The minimum absolute atomic E-state index is 0.583. The van der Waals surface area contributed by atoms with E-state index in [1.807, 2.05) is 20.9 Å². The molecule has 2 aliphatic rings. The van der Waals surface area contributed by atoms with Crippen LogP contribution in [-0.2, 0) is 6.42 Å². The quantitative estimate of drug-likeness (QED) is 0.662. The summed E-state index contributed by atoms with van der Waals surface area (Å²) < 4.78 is 5.22. The van der Waals surface area contributed by atoms with Gasteiger partial charge in [0.25, 0.3) is 0 Å². The lowest BCUT2D eigenvalue weighted by molar-refractivity contribution is 0.239. The van der Waals surface area contributed by atoms with E-state index in [1.165, 1.54) is 44.1 Å². The minimum Gasteiger partial charge on any atom is -0.361 e. The van der Waals surface area contributed by atoms with E-state index in [-0.39, 0.29) is 0 Å². The van der Waals surface area contributed by atoms with Crippen LogP contribution < -0.4 is 10.6 Å². The summed E-state index contributed by atoms with van der Waals surface area (Å²) in [6, 6.07) is 0.583. The van der Waals surface area contributed by atoms with Crippen LogP contribution in [0.25, 0.3) is 0 Å². The molecule has 1 heterocycles. The highest BCUT2D eigenvalue weighted by atomic mass is 16.5. The maximum Gasteiger partial charge on any atom is 0.191 e. The first-order chi connectivity index (χ1) is 11.2. The Hall–Kier alpha value is -1.52. The van der Waals surface area contributed by atoms with Crippen molar-refractivity contribution >= 4 is 5.96 Å². The maximum atomic E-state index is 5.22. The summed E-state index contributed by atoms with van der Waals surface area (Å²) in [4.78, 5) is 4.39. The fourth-order valence-corrected chi connectivity index (χ4v) is 4.39. The number of fused-ring (bicyclic) bond motifs is 1. The molecule has 0 spiro atoms. The van der Waals surface area contributed by atoms with E-state index < -0.39 is 0 Å². The second-order valence-electron chi connectivity index (χ2n) is 7.16. The number of aromatic nitrogens is 1. The SMILES string of the molecule is CN=C(NCCc1c(C)noc1C)NC1CCC2CCCC2C1. The fraction of sp³-hybridized carbons (Fsp3) is 0.778. The smallest absolute Gasteiger partial charge is 0.191 e. The van der Waals surface area contributed by atoms with Crippen molar-refractivity contribution < 1.29 is 4.52 Å². The molecule has 2 N–H and O–H groups in total. The number of guanidine groups is 1. The first kappa shape index (κ1) is 16.3. The van der Waals surface area contributed by atoms with Gasteiger partial charge in [-0.15, -0.1) is 0 Å². The number of hydrogen-bond acceptors (Lipinski definition) is 3. The lowest BCUT2D eigenvalue weighted by atomic mass is 9.79. The minimum atomic E-state index is 0.583. The van der Waals surface area contributed by atoms with Crippen LogP contribution in [0.4, 0.5) is 0 Å². The standard InChI is InChI=1S/C18H30N4O/c1-12-17(13(2)23-22-12)9-10-20-18(19-3)21-16-8-7-14-5-4-6-15(14)11-16/h14-16H,4-11H2,1-3H3,(H2,19,20,21). The van der Waals surface area contributed by atoms with Crippen LogP contribution in [-0.4, -0.2) is 30.8 Å². The molecule has 0 bridgehead atoms. The number of nitrogens with one attached hydrogen (secondary N) is 2. The lowest BCUT2D eigenvalue weighted by Gasteiger charge is -2.33. The molecule has 5 nitrogen and oxygen atoms in total. The van der Waals surface area contributed by atoms with Gasteiger partial charge in [-0.25, -0.2) is 0 Å². The number of nitrogens with zero attached hydrogens (tertiary/aromatic N) is 2. The van der Waals surface area contributed by atoms with Crippen molar-refractivity contribution in [3.8, 4) is 0 Å². The van der Waals surface area contributed by atoms with Gasteiger partial charge in [0.05, 0.1) is 5.69 Å². The predicted octanol–water partition coefficient (Wildman–Crippen LogP) is 2.97. The molecule has 0 amide bonds. The molecule has 0 aromatic carbocycles. The Kier molecular flexibility index (Phi) is 5.23. The maximum absolute atomic E-state index is 5.22. The van der Waals surface area contributed by atoms with Crippen molar-refractivity contribution in [2.75, 3.05) is 13.6 Å². The molecular formula is C18H30N4O. The Morgan fingerprint density at radius 2 is 2.04 bits per heavy atom. The Morgan fingerprint density at radius 1 is 1.22 bits per heavy atom. The van der Waals surface area contributed by atoms with Crippen LogP contribution >= 0.6 is 0 Å². The summed E-state index contributed by atoms with van der Waals surface area (Å²) in [7, 11) is 1.85. The van der Waals surface area contributed by atoms with E-state index in [9.17, 15) is 0 Å². The third kappa shape index (κ3) is 3.88. The van der Waals surface area contributed by atoms with Gasteiger partial charge in [0.15, 0.2) is 5.96 Å². The van der Waals surface area contributed by atoms with Crippen LogP contribution in [0, 0.1) is 25.7 Å². The molecule has 128 valence electrons. The first-order valence-electron chi connectivity index (χ1n) is 9.06. The number of aryl methyl sites for hydroxylation is 2. The van der Waals surface area contributed by atoms with Gasteiger partial charge in [-0.2, -0.15) is 0 Å². The molecule has 2 aliphatic carbocycles. The summed E-state index contributed by atoms with van der Waals surface area (Å²) in [6.07, 6.45) is 9.23. The monoisotopic (exact) mass is 318 g/mol. The molecule has 0 aliphatic heterocycles.